The lowest BCUT2D eigenvalue weighted by Crippen LogP contribution is -2.46. The first kappa shape index (κ1) is 20.5. The van der Waals surface area contributed by atoms with E-state index in [-0.39, 0.29) is 0 Å². The summed E-state index contributed by atoms with van der Waals surface area (Å²) in [5.41, 5.74) is 0. The molecule has 0 aromatic heterocycles. The predicted molar refractivity (Wildman–Crippen MR) is 105 cm³/mol. The van der Waals surface area contributed by atoms with E-state index >= 15 is 0 Å². The average molecular weight is 354 g/mol. The zero-order valence-electron chi connectivity index (χ0n) is 16.8. The van der Waals surface area contributed by atoms with Crippen molar-refractivity contribution in [3.8, 4) is 0 Å². The highest BCUT2D eigenvalue weighted by Gasteiger charge is 2.22. The minimum atomic E-state index is 0.511. The summed E-state index contributed by atoms with van der Waals surface area (Å²) < 4.78 is 5.52. The van der Waals surface area contributed by atoms with Gasteiger partial charge in [-0.15, -0.1) is 0 Å². The molecule has 0 spiro atoms. The van der Waals surface area contributed by atoms with Gasteiger partial charge in [-0.2, -0.15) is 0 Å². The van der Waals surface area contributed by atoms with E-state index in [1.165, 1.54) is 25.9 Å². The maximum atomic E-state index is 5.52. The molecule has 0 aliphatic carbocycles. The van der Waals surface area contributed by atoms with Crippen LogP contribution in [0.15, 0.2) is 4.99 Å². The summed E-state index contributed by atoms with van der Waals surface area (Å²) in [6, 6.07) is 0.511. The van der Waals surface area contributed by atoms with Crippen LogP contribution in [-0.4, -0.2) is 87.9 Å². The highest BCUT2D eigenvalue weighted by Crippen LogP contribution is 2.15. The lowest BCUT2D eigenvalue weighted by molar-refractivity contribution is 0.0143. The summed E-state index contributed by atoms with van der Waals surface area (Å²) in [5.74, 6) is 2.39. The van der Waals surface area contributed by atoms with Crippen molar-refractivity contribution in [1.82, 2.24) is 20.4 Å². The number of likely N-dealkylation sites (tertiary alicyclic amines) is 1. The van der Waals surface area contributed by atoms with Gasteiger partial charge in [-0.05, 0) is 45.2 Å². The Morgan fingerprint density at radius 2 is 1.96 bits per heavy atom. The van der Waals surface area contributed by atoms with Crippen LogP contribution < -0.4 is 10.6 Å². The minimum absolute atomic E-state index is 0.511. The highest BCUT2D eigenvalue weighted by molar-refractivity contribution is 5.79. The Morgan fingerprint density at radius 3 is 2.56 bits per heavy atom. The van der Waals surface area contributed by atoms with Gasteiger partial charge in [0.1, 0.15) is 0 Å². The summed E-state index contributed by atoms with van der Waals surface area (Å²) >= 11 is 0. The van der Waals surface area contributed by atoms with Crippen molar-refractivity contribution in [3.63, 3.8) is 0 Å². The van der Waals surface area contributed by atoms with Gasteiger partial charge in [0.05, 0.1) is 19.8 Å². The van der Waals surface area contributed by atoms with Crippen molar-refractivity contribution in [1.29, 1.82) is 0 Å². The third-order valence-corrected chi connectivity index (χ3v) is 5.16. The highest BCUT2D eigenvalue weighted by atomic mass is 16.5. The Bertz CT molecular complexity index is 395. The largest absolute Gasteiger partial charge is 0.379 e. The van der Waals surface area contributed by atoms with Gasteiger partial charge in [-0.1, -0.05) is 13.8 Å². The summed E-state index contributed by atoms with van der Waals surface area (Å²) in [5, 5.41) is 6.98. The number of aliphatic imine (C=N–C) groups is 1. The monoisotopic (exact) mass is 353 g/mol. The SMILES string of the molecule is CCNC(=NCC(CC(C)C)N1CCOCC1)NCC1CCN(C)C1. The molecule has 2 aliphatic rings. The standard InChI is InChI=1S/C19H39N5O/c1-5-20-19(21-13-17-6-7-23(4)15-17)22-14-18(12-16(2)3)24-8-10-25-11-9-24/h16-18H,5-15H2,1-4H3,(H2,20,21,22). The fourth-order valence-electron chi connectivity index (χ4n) is 3.80. The van der Waals surface area contributed by atoms with Gasteiger partial charge >= 0.3 is 0 Å². The van der Waals surface area contributed by atoms with Gasteiger partial charge in [-0.3, -0.25) is 9.89 Å². The van der Waals surface area contributed by atoms with Crippen LogP contribution in [0.1, 0.15) is 33.6 Å². The van der Waals surface area contributed by atoms with Crippen molar-refractivity contribution in [3.05, 3.63) is 0 Å². The molecule has 2 saturated heterocycles. The summed E-state index contributed by atoms with van der Waals surface area (Å²) in [7, 11) is 2.21. The second kappa shape index (κ2) is 11.0. The van der Waals surface area contributed by atoms with Crippen molar-refractivity contribution < 1.29 is 4.74 Å². The molecule has 0 radical (unpaired) electrons. The van der Waals surface area contributed by atoms with Crippen LogP contribution in [0.5, 0.6) is 0 Å². The molecule has 0 saturated carbocycles. The van der Waals surface area contributed by atoms with Crippen LogP contribution >= 0.6 is 0 Å². The third kappa shape index (κ3) is 7.50. The number of nitrogens with zero attached hydrogens (tertiary/aromatic N) is 3. The van der Waals surface area contributed by atoms with Crippen LogP contribution in [0.2, 0.25) is 0 Å². The van der Waals surface area contributed by atoms with E-state index in [0.29, 0.717) is 12.0 Å². The molecule has 2 fully saturated rings. The van der Waals surface area contributed by atoms with Crippen molar-refractivity contribution in [2.45, 2.75) is 39.7 Å². The molecule has 25 heavy (non-hydrogen) atoms. The van der Waals surface area contributed by atoms with Crippen LogP contribution in [0.4, 0.5) is 0 Å². The molecule has 0 amide bonds. The van der Waals surface area contributed by atoms with Crippen LogP contribution in [0.3, 0.4) is 0 Å². The Kier molecular flexibility index (Phi) is 8.99. The fourth-order valence-corrected chi connectivity index (χ4v) is 3.80. The summed E-state index contributed by atoms with van der Waals surface area (Å²) in [4.78, 5) is 9.89. The Hall–Kier alpha value is -0.850. The zero-order valence-corrected chi connectivity index (χ0v) is 16.8. The van der Waals surface area contributed by atoms with E-state index in [2.05, 4.69) is 48.3 Å². The average Bonchev–Trinajstić information content (AvgIpc) is 3.02. The second-order valence-electron chi connectivity index (χ2n) is 7.95. The number of nitrogens with one attached hydrogen (secondary N) is 2. The zero-order chi connectivity index (χ0) is 18.1. The number of guanidine groups is 1. The Labute approximate surface area is 154 Å². The molecule has 2 heterocycles. The molecule has 2 rings (SSSR count). The van der Waals surface area contributed by atoms with E-state index in [9.17, 15) is 0 Å². The first-order valence-corrected chi connectivity index (χ1v) is 10.1. The van der Waals surface area contributed by atoms with Gasteiger partial charge in [0.15, 0.2) is 5.96 Å². The van der Waals surface area contributed by atoms with E-state index in [4.69, 9.17) is 9.73 Å². The number of rotatable bonds is 8. The van der Waals surface area contributed by atoms with E-state index < -0.39 is 0 Å². The van der Waals surface area contributed by atoms with Crippen LogP contribution in [0.25, 0.3) is 0 Å². The van der Waals surface area contributed by atoms with Crippen LogP contribution in [-0.2, 0) is 4.74 Å². The number of ether oxygens (including phenoxy) is 1. The molecule has 2 unspecified atom stereocenters. The molecular weight excluding hydrogens is 314 g/mol. The van der Waals surface area contributed by atoms with Crippen molar-refractivity contribution >= 4 is 5.96 Å². The third-order valence-electron chi connectivity index (χ3n) is 5.16. The first-order valence-electron chi connectivity index (χ1n) is 10.1. The molecule has 0 bridgehead atoms. The molecule has 0 aromatic carbocycles. The smallest absolute Gasteiger partial charge is 0.191 e. The number of hydrogen-bond donors (Lipinski definition) is 2. The van der Waals surface area contributed by atoms with Gasteiger partial charge in [0, 0.05) is 38.8 Å². The molecule has 2 aliphatic heterocycles. The fraction of sp³-hybridized carbons (Fsp3) is 0.947. The topological polar surface area (TPSA) is 52.1 Å². The molecular formula is C19H39N5O. The Balaban J connectivity index is 1.88. The molecule has 2 N–H and O–H groups in total. The lowest BCUT2D eigenvalue weighted by Gasteiger charge is -2.34. The van der Waals surface area contributed by atoms with E-state index in [1.807, 2.05) is 0 Å². The van der Waals surface area contributed by atoms with Gasteiger partial charge in [0.25, 0.3) is 0 Å². The molecule has 146 valence electrons. The number of morpholine rings is 1. The lowest BCUT2D eigenvalue weighted by atomic mass is 10.0. The van der Waals surface area contributed by atoms with E-state index in [0.717, 1.165) is 57.8 Å². The number of hydrogen-bond acceptors (Lipinski definition) is 4. The maximum absolute atomic E-state index is 5.52. The first-order chi connectivity index (χ1) is 12.1. The minimum Gasteiger partial charge on any atom is -0.379 e. The van der Waals surface area contributed by atoms with Gasteiger partial charge in [0.2, 0.25) is 0 Å². The summed E-state index contributed by atoms with van der Waals surface area (Å²) in [6.45, 7) is 15.7. The molecule has 2 atom stereocenters. The van der Waals surface area contributed by atoms with Gasteiger partial charge in [-0.25, -0.2) is 0 Å². The quantitative estimate of drug-likeness (QED) is 0.508. The predicted octanol–water partition coefficient (Wildman–Crippen LogP) is 1.24. The van der Waals surface area contributed by atoms with Gasteiger partial charge < -0.3 is 20.3 Å². The molecule has 6 nitrogen and oxygen atoms in total. The normalized spacial score (nSPS) is 24.7. The van der Waals surface area contributed by atoms with E-state index in [1.54, 1.807) is 0 Å². The second-order valence-corrected chi connectivity index (χ2v) is 7.95. The Morgan fingerprint density at radius 1 is 1.20 bits per heavy atom. The van der Waals surface area contributed by atoms with Crippen molar-refractivity contribution in [2.75, 3.05) is 66.1 Å². The summed E-state index contributed by atoms with van der Waals surface area (Å²) in [6.07, 6.45) is 2.48. The van der Waals surface area contributed by atoms with Crippen molar-refractivity contribution in [2.24, 2.45) is 16.8 Å². The molecule has 0 aromatic rings. The molecule has 6 heteroatoms. The van der Waals surface area contributed by atoms with Crippen LogP contribution in [0, 0.1) is 11.8 Å². The maximum Gasteiger partial charge on any atom is 0.191 e.